The van der Waals surface area contributed by atoms with Crippen LogP contribution in [0.4, 0.5) is 0 Å². The molecule has 4 aliphatic heterocycles. The quantitative estimate of drug-likeness (QED) is 0.0947. The summed E-state index contributed by atoms with van der Waals surface area (Å²) in [6.07, 6.45) is -34.0. The Bertz CT molecular complexity index is 1030. The van der Waals surface area contributed by atoms with Gasteiger partial charge in [0.2, 0.25) is 5.91 Å². The Labute approximate surface area is 272 Å². The number of hydrogen-bond acceptors (Lipinski definition) is 21. The van der Waals surface area contributed by atoms with E-state index in [1.807, 2.05) is 0 Å². The smallest absolute Gasteiger partial charge is 0.217 e. The van der Waals surface area contributed by atoms with Gasteiger partial charge >= 0.3 is 0 Å². The van der Waals surface area contributed by atoms with Gasteiger partial charge in [-0.2, -0.15) is 0 Å². The van der Waals surface area contributed by atoms with Crippen LogP contribution in [0.1, 0.15) is 6.92 Å². The fourth-order valence-electron chi connectivity index (χ4n) is 5.93. The molecule has 4 heterocycles. The Hall–Kier alpha value is -1.33. The number of aliphatic hydroxyl groups excluding tert-OH is 13. The van der Waals surface area contributed by atoms with Gasteiger partial charge in [-0.1, -0.05) is 0 Å². The average Bonchev–Trinajstić information content (AvgIpc) is 3.05. The molecule has 0 aromatic carbocycles. The van der Waals surface area contributed by atoms with E-state index in [1.165, 1.54) is 0 Å². The van der Waals surface area contributed by atoms with Gasteiger partial charge in [-0.25, -0.2) is 0 Å². The summed E-state index contributed by atoms with van der Waals surface area (Å²) in [6.45, 7) is -2.36. The van der Waals surface area contributed by atoms with E-state index in [0.29, 0.717) is 0 Å². The molecule has 4 saturated heterocycles. The van der Waals surface area contributed by atoms with Gasteiger partial charge in [0.15, 0.2) is 25.2 Å². The molecule has 0 aromatic rings. The molecule has 48 heavy (non-hydrogen) atoms. The van der Waals surface area contributed by atoms with Crippen molar-refractivity contribution in [2.45, 2.75) is 130 Å². The largest absolute Gasteiger partial charge is 0.394 e. The van der Waals surface area contributed by atoms with E-state index >= 15 is 0 Å². The van der Waals surface area contributed by atoms with Gasteiger partial charge in [0.25, 0.3) is 0 Å². The maximum Gasteiger partial charge on any atom is 0.217 e. The number of ether oxygens (including phenoxy) is 7. The lowest BCUT2D eigenvalue weighted by atomic mass is 9.95. The van der Waals surface area contributed by atoms with Gasteiger partial charge in [-0.05, 0) is 0 Å². The van der Waals surface area contributed by atoms with Crippen LogP contribution < -0.4 is 5.32 Å². The van der Waals surface area contributed by atoms with Gasteiger partial charge in [-0.3, -0.25) is 4.79 Å². The highest BCUT2D eigenvalue weighted by atomic mass is 16.8. The summed E-state index contributed by atoms with van der Waals surface area (Å²) in [7, 11) is 0. The van der Waals surface area contributed by atoms with E-state index < -0.39 is 155 Å². The van der Waals surface area contributed by atoms with E-state index in [-0.39, 0.29) is 0 Å². The van der Waals surface area contributed by atoms with Crippen LogP contribution in [0.25, 0.3) is 0 Å². The number of amides is 1. The summed E-state index contributed by atoms with van der Waals surface area (Å²) in [5, 5.41) is 137. The van der Waals surface area contributed by atoms with Gasteiger partial charge in [0.1, 0.15) is 97.6 Å². The van der Waals surface area contributed by atoms with Gasteiger partial charge < -0.3 is 105 Å². The fraction of sp³-hybridized carbons (Fsp3) is 0.962. The van der Waals surface area contributed by atoms with Crippen molar-refractivity contribution in [1.29, 1.82) is 0 Å². The van der Waals surface area contributed by atoms with Crippen molar-refractivity contribution in [3.05, 3.63) is 0 Å². The molecule has 0 aliphatic carbocycles. The summed E-state index contributed by atoms with van der Waals surface area (Å²) in [6, 6.07) is -1.50. The zero-order valence-corrected chi connectivity index (χ0v) is 25.5. The van der Waals surface area contributed by atoms with Crippen molar-refractivity contribution < 1.29 is 104 Å². The van der Waals surface area contributed by atoms with Crippen molar-refractivity contribution in [1.82, 2.24) is 5.32 Å². The SMILES string of the molecule is CC(=O)N[C@H]1[C@H](O[C@H]2[C@@H](O)[C@@H](CO)O[C@H](O[C@H]3[C@@H](O)[C@@H](CO)O[C@@H](O[C@@H]4[C@@H](O)[C@H](O)O[C@H](CO)[C@H]4O)[C@@H]3O)[C@@H]2O)O[C@H](CO)[C@H](O)[C@@H]1O. The second-order valence-electron chi connectivity index (χ2n) is 11.9. The van der Waals surface area contributed by atoms with Crippen LogP contribution in [0.3, 0.4) is 0 Å². The summed E-state index contributed by atoms with van der Waals surface area (Å²) in [5.74, 6) is -0.701. The van der Waals surface area contributed by atoms with Crippen molar-refractivity contribution >= 4 is 5.91 Å². The number of carbonyl (C=O) groups excluding carboxylic acids is 1. The van der Waals surface area contributed by atoms with Gasteiger partial charge in [0.05, 0.1) is 26.4 Å². The minimum Gasteiger partial charge on any atom is -0.394 e. The molecule has 4 fully saturated rings. The third-order valence-electron chi connectivity index (χ3n) is 8.61. The first-order chi connectivity index (χ1) is 22.7. The molecule has 0 spiro atoms. The Balaban J connectivity index is 1.56. The fourth-order valence-corrected chi connectivity index (χ4v) is 5.93. The third-order valence-corrected chi connectivity index (χ3v) is 8.61. The molecule has 1 amide bonds. The first-order valence-electron chi connectivity index (χ1n) is 15.1. The number of nitrogens with one attached hydrogen (secondary N) is 1. The topological polar surface area (TPSA) is 357 Å². The maximum atomic E-state index is 11.8. The monoisotopic (exact) mass is 707 g/mol. The maximum absolute atomic E-state index is 11.8. The van der Waals surface area contributed by atoms with E-state index in [1.54, 1.807) is 0 Å². The molecule has 22 heteroatoms. The molecule has 0 bridgehead atoms. The zero-order chi connectivity index (χ0) is 35.6. The number of carbonyl (C=O) groups is 1. The Morgan fingerprint density at radius 3 is 1.27 bits per heavy atom. The van der Waals surface area contributed by atoms with Crippen LogP contribution in [0.2, 0.25) is 0 Å². The van der Waals surface area contributed by atoms with Crippen LogP contribution >= 0.6 is 0 Å². The van der Waals surface area contributed by atoms with Crippen LogP contribution in [0, 0.1) is 0 Å². The van der Waals surface area contributed by atoms with Crippen molar-refractivity contribution in [2.24, 2.45) is 0 Å². The number of rotatable bonds is 11. The van der Waals surface area contributed by atoms with Gasteiger partial charge in [0, 0.05) is 6.92 Å². The molecule has 14 N–H and O–H groups in total. The molecular weight excluding hydrogens is 662 g/mol. The lowest BCUT2D eigenvalue weighted by Crippen LogP contribution is -2.69. The van der Waals surface area contributed by atoms with Crippen LogP contribution in [0.5, 0.6) is 0 Å². The van der Waals surface area contributed by atoms with Crippen LogP contribution in [-0.4, -0.2) is 221 Å². The summed E-state index contributed by atoms with van der Waals surface area (Å²) < 4.78 is 38.2. The highest BCUT2D eigenvalue weighted by molar-refractivity contribution is 5.73. The molecule has 20 atom stereocenters. The van der Waals surface area contributed by atoms with Crippen molar-refractivity contribution in [2.75, 3.05) is 26.4 Å². The molecule has 0 unspecified atom stereocenters. The molecule has 0 saturated carbocycles. The third kappa shape index (κ3) is 8.08. The molecule has 4 rings (SSSR count). The Morgan fingerprint density at radius 1 is 0.500 bits per heavy atom. The highest BCUT2D eigenvalue weighted by Gasteiger charge is 2.55. The average molecular weight is 708 g/mol. The molecule has 4 aliphatic rings. The van der Waals surface area contributed by atoms with Crippen molar-refractivity contribution in [3.63, 3.8) is 0 Å². The van der Waals surface area contributed by atoms with Crippen LogP contribution in [-0.2, 0) is 38.0 Å². The lowest BCUT2D eigenvalue weighted by molar-refractivity contribution is -0.386. The molecule has 22 nitrogen and oxygen atoms in total. The first-order valence-corrected chi connectivity index (χ1v) is 15.1. The van der Waals surface area contributed by atoms with E-state index in [2.05, 4.69) is 5.32 Å². The van der Waals surface area contributed by atoms with E-state index in [0.717, 1.165) is 6.92 Å². The lowest BCUT2D eigenvalue weighted by Gasteiger charge is -2.49. The number of hydrogen-bond donors (Lipinski definition) is 14. The Kier molecular flexibility index (Phi) is 13.8. The molecule has 280 valence electrons. The van der Waals surface area contributed by atoms with E-state index in [9.17, 15) is 71.2 Å². The van der Waals surface area contributed by atoms with Crippen molar-refractivity contribution in [3.8, 4) is 0 Å². The standard InChI is InChI=1S/C26H45NO21/c1-6(32)27-11-16(37)12(33)7(2-28)43-24(11)46-21-14(35)9(4-30)45-26(18(21)39)48-22-15(36)10(5-31)44-25(19(22)40)47-20-13(34)8(3-29)42-23(41)17(20)38/h7-26,28-31,33-41H,2-5H2,1H3,(H,27,32)/t7-,8-,9-,10-,11-,12+,13-,14+,15+,16-,17-,18-,19-,20+,21+,22+,23-,24+,25+,26-/m1/s1. The van der Waals surface area contributed by atoms with E-state index in [4.69, 9.17) is 33.2 Å². The molecule has 0 aromatic heterocycles. The van der Waals surface area contributed by atoms with Crippen LogP contribution in [0.15, 0.2) is 0 Å². The minimum absolute atomic E-state index is 0.701. The summed E-state index contributed by atoms with van der Waals surface area (Å²) in [5.41, 5.74) is 0. The number of aliphatic hydroxyl groups is 13. The normalized spacial score (nSPS) is 50.2. The zero-order valence-electron chi connectivity index (χ0n) is 25.5. The molecule has 0 radical (unpaired) electrons. The summed E-state index contributed by atoms with van der Waals surface area (Å²) in [4.78, 5) is 11.8. The van der Waals surface area contributed by atoms with Gasteiger partial charge in [-0.15, -0.1) is 0 Å². The highest BCUT2D eigenvalue weighted by Crippen LogP contribution is 2.34. The minimum atomic E-state index is -2.06. The predicted octanol–water partition coefficient (Wildman–Crippen LogP) is -9.61. The summed E-state index contributed by atoms with van der Waals surface area (Å²) >= 11 is 0. The Morgan fingerprint density at radius 2 is 0.854 bits per heavy atom. The second kappa shape index (κ2) is 16.8. The second-order valence-corrected chi connectivity index (χ2v) is 11.9. The molecular formula is C26H45NO21. The predicted molar refractivity (Wildman–Crippen MR) is 145 cm³/mol. The first kappa shape index (κ1) is 39.5.